The fourth-order valence-corrected chi connectivity index (χ4v) is 1.08. The largest absolute Gasteiger partial charge is 0.369 e. The third-order valence-corrected chi connectivity index (χ3v) is 1.91. The number of carbonyl (C=O) groups is 1. The summed E-state index contributed by atoms with van der Waals surface area (Å²) in [5.74, 6) is 0.597. The first-order valence-electron chi connectivity index (χ1n) is 3.94. The zero-order valence-corrected chi connectivity index (χ0v) is 7.26. The van der Waals surface area contributed by atoms with Gasteiger partial charge in [-0.1, -0.05) is 13.8 Å². The van der Waals surface area contributed by atoms with Gasteiger partial charge in [0.1, 0.15) is 0 Å². The molecule has 62 valence electrons. The molecule has 1 aliphatic rings. The molecule has 11 heavy (non-hydrogen) atoms. The van der Waals surface area contributed by atoms with Crippen molar-refractivity contribution in [3.8, 4) is 0 Å². The van der Waals surface area contributed by atoms with Gasteiger partial charge in [0.15, 0.2) is 5.78 Å². The predicted octanol–water partition coefficient (Wildman–Crippen LogP) is 1.56. The predicted molar refractivity (Wildman–Crippen MR) is 43.3 cm³/mol. The summed E-state index contributed by atoms with van der Waals surface area (Å²) in [4.78, 5) is 10.9. The summed E-state index contributed by atoms with van der Waals surface area (Å²) in [7, 11) is 0. The minimum Gasteiger partial charge on any atom is -0.369 e. The van der Waals surface area contributed by atoms with Crippen LogP contribution in [0.15, 0.2) is 11.6 Å². The molecule has 0 bridgehead atoms. The van der Waals surface area contributed by atoms with Crippen LogP contribution in [0.2, 0.25) is 0 Å². The molecular formula is C9H14O2. The number of hydrogen-bond acceptors (Lipinski definition) is 2. The van der Waals surface area contributed by atoms with E-state index in [0.29, 0.717) is 12.5 Å². The highest BCUT2D eigenvalue weighted by Crippen LogP contribution is 2.18. The van der Waals surface area contributed by atoms with Crippen LogP contribution in [-0.2, 0) is 9.53 Å². The quantitative estimate of drug-likeness (QED) is 0.603. The van der Waals surface area contributed by atoms with Crippen LogP contribution < -0.4 is 0 Å². The summed E-state index contributed by atoms with van der Waals surface area (Å²) in [6, 6.07) is 0. The molecule has 0 N–H and O–H groups in total. The molecule has 0 fully saturated rings. The molecule has 0 saturated heterocycles. The van der Waals surface area contributed by atoms with Crippen LogP contribution in [0.5, 0.6) is 0 Å². The molecule has 0 aromatic rings. The Balaban J connectivity index is 2.61. The van der Waals surface area contributed by atoms with Crippen molar-refractivity contribution in [3.05, 3.63) is 11.6 Å². The smallest absolute Gasteiger partial charge is 0.157 e. The highest BCUT2D eigenvalue weighted by Gasteiger charge is 2.20. The lowest BCUT2D eigenvalue weighted by Crippen LogP contribution is -2.11. The summed E-state index contributed by atoms with van der Waals surface area (Å²) in [5, 5.41) is 0. The Morgan fingerprint density at radius 3 is 2.64 bits per heavy atom. The Morgan fingerprint density at radius 2 is 2.36 bits per heavy atom. The molecular weight excluding hydrogens is 140 g/mol. The molecule has 1 atom stereocenters. The fraction of sp³-hybridized carbons (Fsp3) is 0.667. The maximum atomic E-state index is 10.9. The number of ether oxygens (including phenoxy) is 1. The number of rotatable bonds is 2. The second-order valence-corrected chi connectivity index (χ2v) is 3.27. The normalized spacial score (nSPS) is 24.0. The van der Waals surface area contributed by atoms with Crippen LogP contribution in [0, 0.1) is 5.92 Å². The van der Waals surface area contributed by atoms with E-state index in [1.54, 1.807) is 6.92 Å². The highest BCUT2D eigenvalue weighted by molar-refractivity contribution is 5.93. The maximum Gasteiger partial charge on any atom is 0.157 e. The van der Waals surface area contributed by atoms with E-state index in [0.717, 1.165) is 5.57 Å². The van der Waals surface area contributed by atoms with Gasteiger partial charge >= 0.3 is 0 Å². The van der Waals surface area contributed by atoms with Gasteiger partial charge in [-0.25, -0.2) is 0 Å². The van der Waals surface area contributed by atoms with Gasteiger partial charge in [0.25, 0.3) is 0 Å². The minimum absolute atomic E-state index is 0.133. The van der Waals surface area contributed by atoms with Crippen LogP contribution in [0.3, 0.4) is 0 Å². The zero-order valence-electron chi connectivity index (χ0n) is 7.26. The Hall–Kier alpha value is -0.630. The van der Waals surface area contributed by atoms with E-state index in [4.69, 9.17) is 4.74 Å². The Labute approximate surface area is 67.2 Å². The molecule has 2 nitrogen and oxygen atoms in total. The minimum atomic E-state index is 0.133. The molecule has 1 aliphatic heterocycles. The lowest BCUT2D eigenvalue weighted by molar-refractivity contribution is -0.113. The third-order valence-electron chi connectivity index (χ3n) is 1.91. The van der Waals surface area contributed by atoms with Crippen LogP contribution in [0.4, 0.5) is 0 Å². The fourth-order valence-electron chi connectivity index (χ4n) is 1.08. The van der Waals surface area contributed by atoms with Gasteiger partial charge in [-0.3, -0.25) is 4.79 Å². The van der Waals surface area contributed by atoms with E-state index < -0.39 is 0 Å². The average Bonchev–Trinajstić information content (AvgIpc) is 2.33. The highest BCUT2D eigenvalue weighted by atomic mass is 16.5. The van der Waals surface area contributed by atoms with Crippen LogP contribution in [0.25, 0.3) is 0 Å². The number of ketones is 1. The molecule has 0 saturated carbocycles. The first-order valence-corrected chi connectivity index (χ1v) is 3.94. The van der Waals surface area contributed by atoms with E-state index in [1.807, 2.05) is 6.08 Å². The van der Waals surface area contributed by atoms with Crippen LogP contribution in [0.1, 0.15) is 20.8 Å². The third kappa shape index (κ3) is 1.90. The number of carbonyl (C=O) groups excluding carboxylic acids is 1. The van der Waals surface area contributed by atoms with Gasteiger partial charge in [-0.15, -0.1) is 0 Å². The number of Topliss-reactive ketones (excluding diaryl/α,β-unsaturated/α-hetero) is 1. The summed E-state index contributed by atoms with van der Waals surface area (Å²) in [5.41, 5.74) is 0.823. The standard InChI is InChI=1S/C9H14O2/c1-6(2)9-4-8(5-11-9)7(3)10/h4,6,9H,5H2,1-3H3. The molecule has 1 heterocycles. The van der Waals surface area contributed by atoms with E-state index in [9.17, 15) is 4.79 Å². The Morgan fingerprint density at radius 1 is 1.73 bits per heavy atom. The van der Waals surface area contributed by atoms with E-state index in [-0.39, 0.29) is 11.9 Å². The first-order chi connectivity index (χ1) is 5.11. The van der Waals surface area contributed by atoms with Crippen LogP contribution >= 0.6 is 0 Å². The van der Waals surface area contributed by atoms with Crippen molar-refractivity contribution in [1.29, 1.82) is 0 Å². The molecule has 0 aromatic carbocycles. The second kappa shape index (κ2) is 3.18. The van der Waals surface area contributed by atoms with Crippen molar-refractivity contribution < 1.29 is 9.53 Å². The van der Waals surface area contributed by atoms with Crippen LogP contribution in [-0.4, -0.2) is 18.5 Å². The molecule has 0 amide bonds. The zero-order chi connectivity index (χ0) is 8.43. The summed E-state index contributed by atoms with van der Waals surface area (Å²) in [6.07, 6.45) is 2.08. The maximum absolute atomic E-state index is 10.9. The molecule has 0 aliphatic carbocycles. The summed E-state index contributed by atoms with van der Waals surface area (Å²) >= 11 is 0. The lowest BCUT2D eigenvalue weighted by atomic mass is 10.1. The molecule has 0 radical (unpaired) electrons. The van der Waals surface area contributed by atoms with Gasteiger partial charge in [0.2, 0.25) is 0 Å². The Kier molecular flexibility index (Phi) is 2.45. The van der Waals surface area contributed by atoms with Gasteiger partial charge < -0.3 is 4.74 Å². The van der Waals surface area contributed by atoms with Crippen molar-refractivity contribution in [2.24, 2.45) is 5.92 Å². The first kappa shape index (κ1) is 8.47. The lowest BCUT2D eigenvalue weighted by Gasteiger charge is -2.10. The van der Waals surface area contributed by atoms with Gasteiger partial charge in [-0.05, 0) is 18.9 Å². The van der Waals surface area contributed by atoms with Crippen molar-refractivity contribution in [3.63, 3.8) is 0 Å². The Bertz CT molecular complexity index is 192. The van der Waals surface area contributed by atoms with Crippen molar-refractivity contribution >= 4 is 5.78 Å². The SMILES string of the molecule is CC(=O)C1=CC(C(C)C)OC1. The summed E-state index contributed by atoms with van der Waals surface area (Å²) < 4.78 is 5.37. The van der Waals surface area contributed by atoms with E-state index >= 15 is 0 Å². The molecule has 0 aromatic heterocycles. The molecule has 2 heteroatoms. The van der Waals surface area contributed by atoms with Crippen molar-refractivity contribution in [2.45, 2.75) is 26.9 Å². The van der Waals surface area contributed by atoms with Crippen molar-refractivity contribution in [1.82, 2.24) is 0 Å². The molecule has 1 unspecified atom stereocenters. The second-order valence-electron chi connectivity index (χ2n) is 3.27. The monoisotopic (exact) mass is 154 g/mol. The summed E-state index contributed by atoms with van der Waals surface area (Å²) in [6.45, 7) is 6.25. The topological polar surface area (TPSA) is 26.3 Å². The van der Waals surface area contributed by atoms with Gasteiger partial charge in [0.05, 0.1) is 12.7 Å². The number of hydrogen-bond donors (Lipinski definition) is 0. The van der Waals surface area contributed by atoms with Gasteiger partial charge in [0, 0.05) is 5.57 Å². The van der Waals surface area contributed by atoms with Crippen molar-refractivity contribution in [2.75, 3.05) is 6.61 Å². The average molecular weight is 154 g/mol. The molecule has 1 rings (SSSR count). The van der Waals surface area contributed by atoms with Gasteiger partial charge in [-0.2, -0.15) is 0 Å². The molecule has 0 spiro atoms. The van der Waals surface area contributed by atoms with E-state index in [2.05, 4.69) is 13.8 Å². The van der Waals surface area contributed by atoms with E-state index in [1.165, 1.54) is 0 Å².